The highest BCUT2D eigenvalue weighted by atomic mass is 16.2. The van der Waals surface area contributed by atoms with Crippen LogP contribution >= 0.6 is 0 Å². The van der Waals surface area contributed by atoms with Gasteiger partial charge in [0.1, 0.15) is 5.78 Å². The van der Waals surface area contributed by atoms with Crippen molar-refractivity contribution < 1.29 is 9.90 Å². The Morgan fingerprint density at radius 1 is 1.26 bits per heavy atom. The van der Waals surface area contributed by atoms with Crippen molar-refractivity contribution >= 4 is 5.78 Å². The first-order valence-electron chi connectivity index (χ1n) is 9.37. The maximum atomic E-state index is 12.8. The molecule has 2 fully saturated rings. The molecule has 3 aliphatic rings. The monoisotopic (exact) mass is 312 g/mol. The molecule has 1 N–H and O–H groups in total. The van der Waals surface area contributed by atoms with E-state index in [2.05, 4.69) is 31.2 Å². The van der Waals surface area contributed by atoms with Crippen LogP contribution in [0.1, 0.15) is 62.5 Å². The summed E-state index contributed by atoms with van der Waals surface area (Å²) in [6.07, 6.45) is 7.27. The van der Waals surface area contributed by atoms with Crippen molar-refractivity contribution in [1.29, 1.82) is 0 Å². The highest BCUT2D eigenvalue weighted by molar-refractivity contribution is 5.87. The Hall–Kier alpha value is -1.15. The van der Waals surface area contributed by atoms with E-state index >= 15 is 0 Å². The maximum Gasteiger partial charge on any atom is 0.139 e. The fourth-order valence-corrected chi connectivity index (χ4v) is 6.20. The number of hydrogen-bond acceptors (Lipinski definition) is 2. The summed E-state index contributed by atoms with van der Waals surface area (Å²) in [5, 5.41) is 9.23. The van der Waals surface area contributed by atoms with Gasteiger partial charge in [0.2, 0.25) is 0 Å². The van der Waals surface area contributed by atoms with Crippen LogP contribution in [0.4, 0.5) is 0 Å². The van der Waals surface area contributed by atoms with E-state index in [9.17, 15) is 9.90 Å². The first kappa shape index (κ1) is 15.4. The number of Topliss-reactive ketones (excluding diaryl/α,β-unsaturated/α-hetero) is 1. The lowest BCUT2D eigenvalue weighted by molar-refractivity contribution is -0.129. The molecule has 0 aromatic heterocycles. The van der Waals surface area contributed by atoms with Crippen molar-refractivity contribution in [3.8, 4) is 0 Å². The lowest BCUT2D eigenvalue weighted by Gasteiger charge is -2.50. The number of aliphatic hydroxyl groups excluding tert-OH is 1. The first-order chi connectivity index (χ1) is 11.1. The highest BCUT2D eigenvalue weighted by Crippen LogP contribution is 2.62. The van der Waals surface area contributed by atoms with Gasteiger partial charge in [-0.2, -0.15) is 0 Å². The molecule has 2 nitrogen and oxygen atoms in total. The third-order valence-corrected chi connectivity index (χ3v) is 7.22. The quantitative estimate of drug-likeness (QED) is 0.912. The number of benzene rings is 1. The smallest absolute Gasteiger partial charge is 0.139 e. The zero-order valence-corrected chi connectivity index (χ0v) is 14.1. The molecule has 0 spiro atoms. The van der Waals surface area contributed by atoms with Gasteiger partial charge in [-0.3, -0.25) is 4.79 Å². The molecule has 3 aliphatic carbocycles. The van der Waals surface area contributed by atoms with Crippen molar-refractivity contribution in [2.24, 2.45) is 23.2 Å². The van der Waals surface area contributed by atoms with Crippen molar-refractivity contribution in [2.75, 3.05) is 6.61 Å². The van der Waals surface area contributed by atoms with Gasteiger partial charge in [0, 0.05) is 18.4 Å². The lowest BCUT2D eigenvalue weighted by Crippen LogP contribution is -2.44. The van der Waals surface area contributed by atoms with Gasteiger partial charge < -0.3 is 5.11 Å². The molecule has 0 saturated heterocycles. The highest BCUT2D eigenvalue weighted by Gasteiger charge is 2.58. The number of carbonyl (C=O) groups excluding carboxylic acids is 1. The van der Waals surface area contributed by atoms with Crippen molar-refractivity contribution in [3.05, 3.63) is 35.4 Å². The van der Waals surface area contributed by atoms with E-state index in [4.69, 9.17) is 0 Å². The number of ketones is 1. The molecule has 4 rings (SSSR count). The molecule has 5 atom stereocenters. The minimum absolute atomic E-state index is 0.0897. The molecule has 1 aromatic carbocycles. The largest absolute Gasteiger partial charge is 0.396 e. The molecule has 124 valence electrons. The SMILES string of the molecule is CC12CCC3c4ccccc4CCC3C1C(CCCO)CC2=O. The van der Waals surface area contributed by atoms with Gasteiger partial charge in [-0.25, -0.2) is 0 Å². The fraction of sp³-hybridized carbons (Fsp3) is 0.667. The topological polar surface area (TPSA) is 37.3 Å². The Kier molecular flexibility index (Phi) is 3.84. The minimum Gasteiger partial charge on any atom is -0.396 e. The molecule has 0 bridgehead atoms. The summed E-state index contributed by atoms with van der Waals surface area (Å²) in [6, 6.07) is 8.96. The van der Waals surface area contributed by atoms with Crippen LogP contribution in [0.2, 0.25) is 0 Å². The average Bonchev–Trinajstić information content (AvgIpc) is 2.83. The molecular weight excluding hydrogens is 284 g/mol. The lowest BCUT2D eigenvalue weighted by atomic mass is 9.54. The van der Waals surface area contributed by atoms with Gasteiger partial charge in [0.15, 0.2) is 0 Å². The Labute approximate surface area is 139 Å². The summed E-state index contributed by atoms with van der Waals surface area (Å²) in [5.41, 5.74) is 3.01. The van der Waals surface area contributed by atoms with Crippen LogP contribution in [0.25, 0.3) is 0 Å². The molecule has 1 aromatic rings. The van der Waals surface area contributed by atoms with E-state index < -0.39 is 0 Å². The summed E-state index contributed by atoms with van der Waals surface area (Å²) in [6.45, 7) is 2.50. The second kappa shape index (κ2) is 5.73. The Bertz CT molecular complexity index is 608. The normalized spacial score (nSPS) is 38.8. The van der Waals surface area contributed by atoms with Crippen LogP contribution in [0.3, 0.4) is 0 Å². The van der Waals surface area contributed by atoms with E-state index in [0.29, 0.717) is 29.5 Å². The molecule has 2 saturated carbocycles. The first-order valence-corrected chi connectivity index (χ1v) is 9.37. The van der Waals surface area contributed by atoms with E-state index in [0.717, 1.165) is 25.7 Å². The van der Waals surface area contributed by atoms with Crippen LogP contribution in [0.15, 0.2) is 24.3 Å². The van der Waals surface area contributed by atoms with Crippen LogP contribution in [-0.2, 0) is 11.2 Å². The standard InChI is InChI=1S/C21H28O2/c1-21-11-10-17-16-7-3-2-5-14(16)8-9-18(17)20(21)15(6-4-12-22)13-19(21)23/h2-3,5,7,15,17-18,20,22H,4,6,8-13H2,1H3. The van der Waals surface area contributed by atoms with Gasteiger partial charge in [0.25, 0.3) is 0 Å². The van der Waals surface area contributed by atoms with E-state index in [-0.39, 0.29) is 12.0 Å². The molecule has 0 radical (unpaired) electrons. The summed E-state index contributed by atoms with van der Waals surface area (Å²) in [4.78, 5) is 12.8. The van der Waals surface area contributed by atoms with Crippen molar-refractivity contribution in [2.45, 2.75) is 57.8 Å². The third kappa shape index (κ3) is 2.29. The van der Waals surface area contributed by atoms with E-state index in [1.54, 1.807) is 5.56 Å². The van der Waals surface area contributed by atoms with Crippen molar-refractivity contribution in [3.63, 3.8) is 0 Å². The predicted molar refractivity (Wildman–Crippen MR) is 91.3 cm³/mol. The van der Waals surface area contributed by atoms with Gasteiger partial charge in [-0.15, -0.1) is 0 Å². The molecular formula is C21H28O2. The van der Waals surface area contributed by atoms with Crippen LogP contribution in [0.5, 0.6) is 0 Å². The average molecular weight is 312 g/mol. The molecule has 23 heavy (non-hydrogen) atoms. The number of rotatable bonds is 3. The Morgan fingerprint density at radius 3 is 2.91 bits per heavy atom. The second-order valence-electron chi connectivity index (χ2n) is 8.24. The van der Waals surface area contributed by atoms with Gasteiger partial charge in [-0.05, 0) is 73.3 Å². The molecule has 5 unspecified atom stereocenters. The van der Waals surface area contributed by atoms with Gasteiger partial charge in [-0.1, -0.05) is 31.2 Å². The minimum atomic E-state index is -0.0897. The molecule has 0 aliphatic heterocycles. The maximum absolute atomic E-state index is 12.8. The fourth-order valence-electron chi connectivity index (χ4n) is 6.20. The number of hydrogen-bond donors (Lipinski definition) is 1. The molecule has 0 amide bonds. The van der Waals surface area contributed by atoms with Crippen LogP contribution in [-0.4, -0.2) is 17.5 Å². The molecule has 2 heteroatoms. The van der Waals surface area contributed by atoms with E-state index in [1.165, 1.54) is 24.8 Å². The predicted octanol–water partition coefficient (Wildman–Crippen LogP) is 4.11. The Morgan fingerprint density at radius 2 is 2.09 bits per heavy atom. The van der Waals surface area contributed by atoms with Gasteiger partial charge in [0.05, 0.1) is 0 Å². The van der Waals surface area contributed by atoms with Gasteiger partial charge >= 0.3 is 0 Å². The van der Waals surface area contributed by atoms with Crippen LogP contribution < -0.4 is 0 Å². The number of fused-ring (bicyclic) bond motifs is 5. The zero-order chi connectivity index (χ0) is 16.0. The third-order valence-electron chi connectivity index (χ3n) is 7.22. The summed E-state index contributed by atoms with van der Waals surface area (Å²) in [5.74, 6) is 2.86. The van der Waals surface area contributed by atoms with E-state index in [1.807, 2.05) is 0 Å². The summed E-state index contributed by atoms with van der Waals surface area (Å²) in [7, 11) is 0. The Balaban J connectivity index is 1.68. The van der Waals surface area contributed by atoms with Crippen LogP contribution in [0, 0.1) is 23.2 Å². The summed E-state index contributed by atoms with van der Waals surface area (Å²) >= 11 is 0. The van der Waals surface area contributed by atoms with Crippen molar-refractivity contribution in [1.82, 2.24) is 0 Å². The number of aryl methyl sites for hydroxylation is 1. The number of carbonyl (C=O) groups is 1. The molecule has 0 heterocycles. The number of aliphatic hydroxyl groups is 1. The summed E-state index contributed by atoms with van der Waals surface area (Å²) < 4.78 is 0. The zero-order valence-electron chi connectivity index (χ0n) is 14.1. The second-order valence-corrected chi connectivity index (χ2v) is 8.24.